The van der Waals surface area contributed by atoms with E-state index in [0.29, 0.717) is 12.2 Å². The Kier molecular flexibility index (Phi) is 9.44. The molecule has 0 atom stereocenters. The van der Waals surface area contributed by atoms with Crippen LogP contribution in [0.3, 0.4) is 0 Å². The molecule has 0 spiro atoms. The molecule has 8 nitrogen and oxygen atoms in total. The Morgan fingerprint density at radius 1 is 1.03 bits per heavy atom. The number of thioether (sulfide) groups is 1. The van der Waals surface area contributed by atoms with Gasteiger partial charge in [0.2, 0.25) is 5.91 Å². The van der Waals surface area contributed by atoms with Gasteiger partial charge in [0.25, 0.3) is 5.69 Å². The number of rotatable bonds is 13. The Hall–Kier alpha value is -3.20. The van der Waals surface area contributed by atoms with Gasteiger partial charge < -0.3 is 5.32 Å². The van der Waals surface area contributed by atoms with E-state index in [4.69, 9.17) is 0 Å². The van der Waals surface area contributed by atoms with Crippen LogP contribution in [-0.2, 0) is 4.79 Å². The topological polar surface area (TPSA) is 103 Å². The summed E-state index contributed by atoms with van der Waals surface area (Å²) in [4.78, 5) is 22.6. The van der Waals surface area contributed by atoms with Crippen LogP contribution in [0.2, 0.25) is 0 Å². The predicted molar refractivity (Wildman–Crippen MR) is 131 cm³/mol. The van der Waals surface area contributed by atoms with Crippen LogP contribution in [0.1, 0.15) is 45.4 Å². The third-order valence-electron chi connectivity index (χ3n) is 5.12. The van der Waals surface area contributed by atoms with Gasteiger partial charge in [-0.15, -0.1) is 10.2 Å². The number of nitrogens with one attached hydrogen (secondary N) is 1. The minimum absolute atomic E-state index is 0.0303. The number of benzene rings is 2. The third-order valence-corrected chi connectivity index (χ3v) is 6.13. The molecule has 3 aromatic rings. The van der Waals surface area contributed by atoms with Gasteiger partial charge in [0, 0.05) is 42.1 Å². The fraction of sp³-hybridized carbons (Fsp3) is 0.375. The zero-order valence-electron chi connectivity index (χ0n) is 18.8. The highest BCUT2D eigenvalue weighted by atomic mass is 32.2. The van der Waals surface area contributed by atoms with E-state index >= 15 is 0 Å². The summed E-state index contributed by atoms with van der Waals surface area (Å²) in [5.41, 5.74) is 1.68. The molecule has 2 aromatic carbocycles. The van der Waals surface area contributed by atoms with Crippen molar-refractivity contribution >= 4 is 23.4 Å². The maximum atomic E-state index is 12.0. The van der Waals surface area contributed by atoms with Crippen molar-refractivity contribution in [3.05, 3.63) is 64.7 Å². The van der Waals surface area contributed by atoms with Crippen LogP contribution >= 0.6 is 11.8 Å². The molecule has 1 heterocycles. The number of amides is 1. The standard InChI is InChI=1S/C24H29N5O3S/c1-2-3-4-8-17-25-22(30)12-9-18-33-24-27-26-23(28(24)20-10-6-5-7-11-20)19-13-15-21(16-14-19)29(31)32/h5-7,10-11,13-16H,2-4,8-9,12,17-18H2,1H3,(H,25,30). The zero-order valence-corrected chi connectivity index (χ0v) is 19.6. The van der Waals surface area contributed by atoms with Gasteiger partial charge in [-0.1, -0.05) is 56.1 Å². The number of nitrogens with zero attached hydrogens (tertiary/aromatic N) is 4. The maximum absolute atomic E-state index is 12.0. The normalized spacial score (nSPS) is 10.8. The summed E-state index contributed by atoms with van der Waals surface area (Å²) >= 11 is 1.54. The number of hydrogen-bond donors (Lipinski definition) is 1. The Labute approximate surface area is 198 Å². The van der Waals surface area contributed by atoms with E-state index in [-0.39, 0.29) is 11.6 Å². The molecule has 0 radical (unpaired) electrons. The predicted octanol–water partition coefficient (Wildman–Crippen LogP) is 5.41. The summed E-state index contributed by atoms with van der Waals surface area (Å²) in [5.74, 6) is 1.43. The van der Waals surface area contributed by atoms with Crippen molar-refractivity contribution in [3.63, 3.8) is 0 Å². The highest BCUT2D eigenvalue weighted by Crippen LogP contribution is 2.29. The minimum atomic E-state index is -0.422. The van der Waals surface area contributed by atoms with E-state index in [1.54, 1.807) is 23.9 Å². The Morgan fingerprint density at radius 3 is 2.48 bits per heavy atom. The first-order valence-electron chi connectivity index (χ1n) is 11.2. The summed E-state index contributed by atoms with van der Waals surface area (Å²) in [6.45, 7) is 2.91. The van der Waals surface area contributed by atoms with Gasteiger partial charge >= 0.3 is 0 Å². The number of nitro benzene ring substituents is 1. The van der Waals surface area contributed by atoms with Gasteiger partial charge in [0.05, 0.1) is 4.92 Å². The van der Waals surface area contributed by atoms with Crippen LogP contribution in [0.5, 0.6) is 0 Å². The maximum Gasteiger partial charge on any atom is 0.269 e. The van der Waals surface area contributed by atoms with E-state index in [0.717, 1.165) is 48.0 Å². The fourth-order valence-corrected chi connectivity index (χ4v) is 4.25. The fourth-order valence-electron chi connectivity index (χ4n) is 3.36. The van der Waals surface area contributed by atoms with Gasteiger partial charge in [-0.3, -0.25) is 19.5 Å². The number of unbranched alkanes of at least 4 members (excludes halogenated alkanes) is 3. The molecule has 0 fully saturated rings. The van der Waals surface area contributed by atoms with Crippen LogP contribution < -0.4 is 5.32 Å². The summed E-state index contributed by atoms with van der Waals surface area (Å²) in [6.07, 6.45) is 5.79. The van der Waals surface area contributed by atoms with E-state index in [9.17, 15) is 14.9 Å². The lowest BCUT2D eigenvalue weighted by atomic mass is 10.2. The average Bonchev–Trinajstić information content (AvgIpc) is 3.26. The second kappa shape index (κ2) is 12.7. The molecule has 0 aliphatic heterocycles. The molecule has 0 unspecified atom stereocenters. The van der Waals surface area contributed by atoms with Crippen molar-refractivity contribution in [3.8, 4) is 17.1 Å². The molecular weight excluding hydrogens is 438 g/mol. The lowest BCUT2D eigenvalue weighted by molar-refractivity contribution is -0.384. The molecular formula is C24H29N5O3S. The van der Waals surface area contributed by atoms with Crippen molar-refractivity contribution in [2.45, 2.75) is 50.6 Å². The summed E-state index contributed by atoms with van der Waals surface area (Å²) in [5, 5.41) is 23.4. The highest BCUT2D eigenvalue weighted by molar-refractivity contribution is 7.99. The monoisotopic (exact) mass is 467 g/mol. The van der Waals surface area contributed by atoms with Gasteiger partial charge in [-0.25, -0.2) is 0 Å². The summed E-state index contributed by atoms with van der Waals surface area (Å²) in [6, 6.07) is 16.0. The van der Waals surface area contributed by atoms with Crippen molar-refractivity contribution in [2.75, 3.05) is 12.3 Å². The number of non-ortho nitro benzene ring substituents is 1. The smallest absolute Gasteiger partial charge is 0.269 e. The van der Waals surface area contributed by atoms with Crippen LogP contribution in [0.4, 0.5) is 5.69 Å². The molecule has 33 heavy (non-hydrogen) atoms. The van der Waals surface area contributed by atoms with Gasteiger partial charge in [-0.2, -0.15) is 0 Å². The second-order valence-electron chi connectivity index (χ2n) is 7.64. The highest BCUT2D eigenvalue weighted by Gasteiger charge is 2.17. The minimum Gasteiger partial charge on any atom is -0.356 e. The van der Waals surface area contributed by atoms with Gasteiger partial charge in [0.1, 0.15) is 0 Å². The Balaban J connectivity index is 1.64. The van der Waals surface area contributed by atoms with Crippen LogP contribution in [0.15, 0.2) is 59.8 Å². The van der Waals surface area contributed by atoms with Crippen LogP contribution in [-0.4, -0.2) is 37.9 Å². The lowest BCUT2D eigenvalue weighted by Gasteiger charge is -2.10. The molecule has 1 N–H and O–H groups in total. The molecule has 0 aliphatic rings. The summed E-state index contributed by atoms with van der Waals surface area (Å²) in [7, 11) is 0. The van der Waals surface area contributed by atoms with Crippen molar-refractivity contribution < 1.29 is 9.72 Å². The van der Waals surface area contributed by atoms with Crippen molar-refractivity contribution in [2.24, 2.45) is 0 Å². The van der Waals surface area contributed by atoms with Crippen LogP contribution in [0.25, 0.3) is 17.1 Å². The quantitative estimate of drug-likeness (QED) is 0.156. The Bertz CT molecular complexity index is 1040. The second-order valence-corrected chi connectivity index (χ2v) is 8.71. The first-order chi connectivity index (χ1) is 16.1. The Morgan fingerprint density at radius 2 is 1.79 bits per heavy atom. The van der Waals surface area contributed by atoms with Crippen molar-refractivity contribution in [1.29, 1.82) is 0 Å². The molecule has 0 saturated carbocycles. The average molecular weight is 468 g/mol. The first-order valence-corrected chi connectivity index (χ1v) is 12.2. The zero-order chi connectivity index (χ0) is 23.5. The number of carbonyl (C=O) groups is 1. The molecule has 3 rings (SSSR count). The molecule has 9 heteroatoms. The molecule has 0 bridgehead atoms. The molecule has 0 aliphatic carbocycles. The number of nitro groups is 1. The number of hydrogen-bond acceptors (Lipinski definition) is 6. The van der Waals surface area contributed by atoms with E-state index in [2.05, 4.69) is 22.4 Å². The third kappa shape index (κ3) is 7.15. The molecule has 0 saturated heterocycles. The first kappa shape index (κ1) is 24.4. The molecule has 1 aromatic heterocycles. The lowest BCUT2D eigenvalue weighted by Crippen LogP contribution is -2.24. The number of aromatic nitrogens is 3. The van der Waals surface area contributed by atoms with E-state index < -0.39 is 4.92 Å². The number of carbonyl (C=O) groups excluding carboxylic acids is 1. The SMILES string of the molecule is CCCCCCNC(=O)CCCSc1nnc(-c2ccc([N+](=O)[O-])cc2)n1-c1ccccc1. The molecule has 174 valence electrons. The van der Waals surface area contributed by atoms with Crippen molar-refractivity contribution in [1.82, 2.24) is 20.1 Å². The van der Waals surface area contributed by atoms with Crippen LogP contribution in [0, 0.1) is 10.1 Å². The van der Waals surface area contributed by atoms with E-state index in [1.165, 1.54) is 25.0 Å². The molecule has 1 amide bonds. The number of para-hydroxylation sites is 1. The largest absolute Gasteiger partial charge is 0.356 e. The van der Waals surface area contributed by atoms with Gasteiger partial charge in [0.15, 0.2) is 11.0 Å². The van der Waals surface area contributed by atoms with E-state index in [1.807, 2.05) is 34.9 Å². The summed E-state index contributed by atoms with van der Waals surface area (Å²) < 4.78 is 1.94. The van der Waals surface area contributed by atoms with Gasteiger partial charge in [-0.05, 0) is 37.1 Å².